The zero-order chi connectivity index (χ0) is 16.3. The molecule has 3 aromatic rings. The molecule has 118 valence electrons. The standard InChI is InChI=1S/C17H15NO3S2/c1-23(19,20)16-6-4-13(5-7-16)17-11-14(8-9-18-17)21-12-15-3-2-10-22-15/h2-11H,12H2,1H3. The number of sulfone groups is 1. The summed E-state index contributed by atoms with van der Waals surface area (Å²) in [6, 6.07) is 14.4. The van der Waals surface area contributed by atoms with Crippen LogP contribution in [0.15, 0.2) is 65.0 Å². The molecule has 4 nitrogen and oxygen atoms in total. The van der Waals surface area contributed by atoms with Crippen molar-refractivity contribution in [2.24, 2.45) is 0 Å². The van der Waals surface area contributed by atoms with Gasteiger partial charge in [-0.25, -0.2) is 8.42 Å². The zero-order valence-corrected chi connectivity index (χ0v) is 14.1. The number of nitrogens with zero attached hydrogens (tertiary/aromatic N) is 1. The predicted octanol–water partition coefficient (Wildman–Crippen LogP) is 3.79. The van der Waals surface area contributed by atoms with Gasteiger partial charge < -0.3 is 4.74 Å². The van der Waals surface area contributed by atoms with E-state index in [1.807, 2.05) is 29.6 Å². The van der Waals surface area contributed by atoms with Gasteiger partial charge in [-0.15, -0.1) is 11.3 Å². The molecule has 0 aliphatic rings. The molecule has 0 saturated carbocycles. The highest BCUT2D eigenvalue weighted by Gasteiger charge is 2.08. The third-order valence-electron chi connectivity index (χ3n) is 3.27. The van der Waals surface area contributed by atoms with Crippen LogP contribution in [0.25, 0.3) is 11.3 Å². The number of ether oxygens (including phenoxy) is 1. The molecule has 2 heterocycles. The van der Waals surface area contributed by atoms with E-state index in [2.05, 4.69) is 4.98 Å². The van der Waals surface area contributed by atoms with Crippen LogP contribution in [0.2, 0.25) is 0 Å². The lowest BCUT2D eigenvalue weighted by molar-refractivity contribution is 0.309. The Morgan fingerprint density at radius 3 is 2.57 bits per heavy atom. The summed E-state index contributed by atoms with van der Waals surface area (Å²) in [5.74, 6) is 0.732. The van der Waals surface area contributed by atoms with E-state index in [9.17, 15) is 8.42 Å². The maximum Gasteiger partial charge on any atom is 0.175 e. The first kappa shape index (κ1) is 15.7. The van der Waals surface area contributed by atoms with Gasteiger partial charge in [0.2, 0.25) is 0 Å². The van der Waals surface area contributed by atoms with Crippen molar-refractivity contribution in [1.29, 1.82) is 0 Å². The predicted molar refractivity (Wildman–Crippen MR) is 91.4 cm³/mol. The molecular weight excluding hydrogens is 330 g/mol. The Hall–Kier alpha value is -2.18. The van der Waals surface area contributed by atoms with Crippen molar-refractivity contribution in [2.45, 2.75) is 11.5 Å². The second kappa shape index (κ2) is 6.52. The van der Waals surface area contributed by atoms with Gasteiger partial charge >= 0.3 is 0 Å². The summed E-state index contributed by atoms with van der Waals surface area (Å²) >= 11 is 1.65. The van der Waals surface area contributed by atoms with Crippen LogP contribution in [0.3, 0.4) is 0 Å². The maximum absolute atomic E-state index is 11.5. The van der Waals surface area contributed by atoms with Crippen LogP contribution in [0.5, 0.6) is 5.75 Å². The smallest absolute Gasteiger partial charge is 0.175 e. The fourth-order valence-electron chi connectivity index (χ4n) is 2.08. The molecule has 0 saturated heterocycles. The SMILES string of the molecule is CS(=O)(=O)c1ccc(-c2cc(OCc3cccs3)ccn2)cc1. The van der Waals surface area contributed by atoms with Crippen LogP contribution in [0, 0.1) is 0 Å². The number of pyridine rings is 1. The highest BCUT2D eigenvalue weighted by Crippen LogP contribution is 2.24. The number of aromatic nitrogens is 1. The maximum atomic E-state index is 11.5. The van der Waals surface area contributed by atoms with Gasteiger partial charge in [0.05, 0.1) is 10.6 Å². The number of hydrogen-bond donors (Lipinski definition) is 0. The lowest BCUT2D eigenvalue weighted by atomic mass is 10.1. The molecule has 0 aliphatic carbocycles. The highest BCUT2D eigenvalue weighted by atomic mass is 32.2. The molecule has 0 radical (unpaired) electrons. The largest absolute Gasteiger partial charge is 0.488 e. The molecule has 0 aliphatic heterocycles. The van der Waals surface area contributed by atoms with E-state index < -0.39 is 9.84 Å². The Labute approximate surface area is 139 Å². The van der Waals surface area contributed by atoms with Gasteiger partial charge in [-0.05, 0) is 29.6 Å². The molecule has 1 aromatic carbocycles. The second-order valence-corrected chi connectivity index (χ2v) is 8.09. The van der Waals surface area contributed by atoms with Gasteiger partial charge in [0.15, 0.2) is 9.84 Å². The van der Waals surface area contributed by atoms with Crippen molar-refractivity contribution in [3.05, 3.63) is 65.0 Å². The molecule has 0 unspecified atom stereocenters. The van der Waals surface area contributed by atoms with Gasteiger partial charge in [0, 0.05) is 29.0 Å². The Morgan fingerprint density at radius 1 is 1.13 bits per heavy atom. The van der Waals surface area contributed by atoms with Crippen LogP contribution < -0.4 is 4.74 Å². The summed E-state index contributed by atoms with van der Waals surface area (Å²) in [5, 5.41) is 2.01. The number of hydrogen-bond acceptors (Lipinski definition) is 5. The van der Waals surface area contributed by atoms with Crippen molar-refractivity contribution in [1.82, 2.24) is 4.98 Å². The third-order valence-corrected chi connectivity index (χ3v) is 5.25. The second-order valence-electron chi connectivity index (χ2n) is 5.04. The van der Waals surface area contributed by atoms with E-state index in [1.54, 1.807) is 41.8 Å². The molecule has 2 aromatic heterocycles. The lowest BCUT2D eigenvalue weighted by Gasteiger charge is -2.07. The van der Waals surface area contributed by atoms with Crippen molar-refractivity contribution in [3.63, 3.8) is 0 Å². The van der Waals surface area contributed by atoms with E-state index in [0.717, 1.165) is 21.9 Å². The minimum absolute atomic E-state index is 0.298. The number of benzene rings is 1. The van der Waals surface area contributed by atoms with Gasteiger partial charge in [-0.3, -0.25) is 4.98 Å². The zero-order valence-electron chi connectivity index (χ0n) is 12.5. The van der Waals surface area contributed by atoms with Crippen LogP contribution in [-0.2, 0) is 16.4 Å². The molecular formula is C17H15NO3S2. The summed E-state index contributed by atoms with van der Waals surface area (Å²) in [7, 11) is -3.19. The van der Waals surface area contributed by atoms with Gasteiger partial charge in [-0.2, -0.15) is 0 Å². The van der Waals surface area contributed by atoms with Crippen LogP contribution >= 0.6 is 11.3 Å². The first-order chi connectivity index (χ1) is 11.0. The highest BCUT2D eigenvalue weighted by molar-refractivity contribution is 7.90. The molecule has 0 amide bonds. The molecule has 23 heavy (non-hydrogen) atoms. The van der Waals surface area contributed by atoms with Crippen molar-refractivity contribution >= 4 is 21.2 Å². The monoisotopic (exact) mass is 345 g/mol. The fourth-order valence-corrected chi connectivity index (χ4v) is 3.33. The van der Waals surface area contributed by atoms with Crippen molar-refractivity contribution in [2.75, 3.05) is 6.26 Å². The Morgan fingerprint density at radius 2 is 1.91 bits per heavy atom. The molecule has 0 N–H and O–H groups in total. The van der Waals surface area contributed by atoms with Crippen LogP contribution in [0.1, 0.15) is 4.88 Å². The summed E-state index contributed by atoms with van der Waals surface area (Å²) in [5.41, 5.74) is 1.59. The fraction of sp³-hybridized carbons (Fsp3) is 0.118. The summed E-state index contributed by atoms with van der Waals surface area (Å²) in [6.07, 6.45) is 2.88. The van der Waals surface area contributed by atoms with E-state index >= 15 is 0 Å². The summed E-state index contributed by atoms with van der Waals surface area (Å²) in [6.45, 7) is 0.522. The Kier molecular flexibility index (Phi) is 4.45. The van der Waals surface area contributed by atoms with E-state index in [-0.39, 0.29) is 0 Å². The lowest BCUT2D eigenvalue weighted by Crippen LogP contribution is -1.97. The third kappa shape index (κ3) is 3.97. The topological polar surface area (TPSA) is 56.3 Å². The average molecular weight is 345 g/mol. The van der Waals surface area contributed by atoms with Gasteiger partial charge in [0.25, 0.3) is 0 Å². The minimum atomic E-state index is -3.19. The quantitative estimate of drug-likeness (QED) is 0.706. The van der Waals surface area contributed by atoms with E-state index in [0.29, 0.717) is 11.5 Å². The Balaban J connectivity index is 1.79. The first-order valence-corrected chi connectivity index (χ1v) is 9.71. The summed E-state index contributed by atoms with van der Waals surface area (Å²) < 4.78 is 28.8. The van der Waals surface area contributed by atoms with Crippen molar-refractivity contribution in [3.8, 4) is 17.0 Å². The van der Waals surface area contributed by atoms with Crippen LogP contribution in [-0.4, -0.2) is 19.7 Å². The molecule has 0 bridgehead atoms. The Bertz CT molecular complexity index is 886. The van der Waals surface area contributed by atoms with Gasteiger partial charge in [-0.1, -0.05) is 18.2 Å². The summed E-state index contributed by atoms with van der Waals surface area (Å²) in [4.78, 5) is 5.77. The van der Waals surface area contributed by atoms with E-state index in [1.165, 1.54) is 6.26 Å². The first-order valence-electron chi connectivity index (χ1n) is 6.94. The number of rotatable bonds is 5. The van der Waals surface area contributed by atoms with Gasteiger partial charge in [0.1, 0.15) is 12.4 Å². The molecule has 0 fully saturated rings. The molecule has 0 spiro atoms. The van der Waals surface area contributed by atoms with E-state index in [4.69, 9.17) is 4.74 Å². The minimum Gasteiger partial charge on any atom is -0.488 e. The normalized spacial score (nSPS) is 11.3. The number of thiophene rings is 1. The van der Waals surface area contributed by atoms with Crippen LogP contribution in [0.4, 0.5) is 0 Å². The molecule has 6 heteroatoms. The molecule has 0 atom stereocenters. The van der Waals surface area contributed by atoms with Crippen molar-refractivity contribution < 1.29 is 13.2 Å². The molecule has 3 rings (SSSR count). The average Bonchev–Trinajstić information content (AvgIpc) is 3.06.